The predicted octanol–water partition coefficient (Wildman–Crippen LogP) is 3.04. The summed E-state index contributed by atoms with van der Waals surface area (Å²) in [5.74, 6) is -1.32. The van der Waals surface area contributed by atoms with Crippen LogP contribution in [0.2, 0.25) is 0 Å². The molecular formula is C17H18F3N3O3. The number of methoxy groups -OCH3 is 1. The number of halogens is 3. The molecular weight excluding hydrogens is 351 g/mol. The second-order valence-electron chi connectivity index (χ2n) is 6.05. The molecule has 1 saturated heterocycles. The normalized spacial score (nSPS) is 20.3. The van der Waals surface area contributed by atoms with E-state index in [0.717, 1.165) is 6.07 Å². The first-order valence-electron chi connectivity index (χ1n) is 8.03. The van der Waals surface area contributed by atoms with Crippen molar-refractivity contribution in [3.05, 3.63) is 47.7 Å². The van der Waals surface area contributed by atoms with Crippen molar-refractivity contribution in [1.29, 1.82) is 0 Å². The summed E-state index contributed by atoms with van der Waals surface area (Å²) in [5, 5.41) is 5.65. The van der Waals surface area contributed by atoms with E-state index in [4.69, 9.17) is 9.15 Å². The molecule has 2 atom stereocenters. The lowest BCUT2D eigenvalue weighted by Gasteiger charge is -2.21. The van der Waals surface area contributed by atoms with Gasteiger partial charge in [0, 0.05) is 31.3 Å². The van der Waals surface area contributed by atoms with Gasteiger partial charge < -0.3 is 19.8 Å². The Morgan fingerprint density at radius 1 is 1.46 bits per heavy atom. The molecule has 1 aromatic heterocycles. The molecule has 26 heavy (non-hydrogen) atoms. The van der Waals surface area contributed by atoms with Gasteiger partial charge in [0.05, 0.1) is 18.4 Å². The maximum atomic E-state index is 13.5. The van der Waals surface area contributed by atoms with Crippen LogP contribution in [0.5, 0.6) is 0 Å². The number of anilines is 1. The third kappa shape index (κ3) is 3.88. The molecule has 1 aliphatic heterocycles. The molecule has 1 amide bonds. The van der Waals surface area contributed by atoms with Crippen molar-refractivity contribution < 1.29 is 27.1 Å². The molecule has 6 nitrogen and oxygen atoms in total. The number of oxazole rings is 1. The summed E-state index contributed by atoms with van der Waals surface area (Å²) in [5.41, 5.74) is -0.591. The number of aromatic nitrogens is 1. The Labute approximate surface area is 147 Å². The second-order valence-corrected chi connectivity index (χ2v) is 6.05. The van der Waals surface area contributed by atoms with Gasteiger partial charge in [-0.25, -0.2) is 4.98 Å². The van der Waals surface area contributed by atoms with Crippen molar-refractivity contribution in [3.8, 4) is 0 Å². The molecule has 0 unspecified atom stereocenters. The zero-order valence-electron chi connectivity index (χ0n) is 14.0. The standard InChI is InChI=1S/C17H18F3N3O3/c1-25-9-11-7-10(8-22-11)14-12(17(18,19)20)3-2-4-13(14)23-15(24)16-21-5-6-26-16/h2-6,10-11,22H,7-9H2,1H3,(H,23,24)/t10-,11+/m0/s1. The van der Waals surface area contributed by atoms with Gasteiger partial charge in [-0.3, -0.25) is 4.79 Å². The van der Waals surface area contributed by atoms with Crippen LogP contribution in [0.1, 0.15) is 34.2 Å². The minimum absolute atomic E-state index is 0.0402. The first kappa shape index (κ1) is 18.4. The van der Waals surface area contributed by atoms with Gasteiger partial charge >= 0.3 is 12.1 Å². The van der Waals surface area contributed by atoms with Crippen LogP contribution in [0.15, 0.2) is 35.1 Å². The number of hydrogen-bond donors (Lipinski definition) is 2. The van der Waals surface area contributed by atoms with Crippen LogP contribution >= 0.6 is 0 Å². The Morgan fingerprint density at radius 2 is 2.27 bits per heavy atom. The summed E-state index contributed by atoms with van der Waals surface area (Å²) in [4.78, 5) is 15.9. The highest BCUT2D eigenvalue weighted by Gasteiger charge is 2.39. The minimum atomic E-state index is -4.53. The third-order valence-corrected chi connectivity index (χ3v) is 4.28. The molecule has 2 N–H and O–H groups in total. The Hall–Kier alpha value is -2.39. The Balaban J connectivity index is 1.95. The highest BCUT2D eigenvalue weighted by molar-refractivity contribution is 6.01. The fourth-order valence-corrected chi connectivity index (χ4v) is 3.24. The minimum Gasteiger partial charge on any atom is -0.441 e. The summed E-state index contributed by atoms with van der Waals surface area (Å²) in [6.45, 7) is 0.770. The number of alkyl halides is 3. The van der Waals surface area contributed by atoms with Crippen molar-refractivity contribution >= 4 is 11.6 Å². The van der Waals surface area contributed by atoms with E-state index in [1.54, 1.807) is 7.11 Å². The number of rotatable bonds is 5. The molecule has 9 heteroatoms. The van der Waals surface area contributed by atoms with Crippen molar-refractivity contribution in [2.45, 2.75) is 24.6 Å². The number of amides is 1. The molecule has 2 aromatic rings. The third-order valence-electron chi connectivity index (χ3n) is 4.28. The highest BCUT2D eigenvalue weighted by atomic mass is 19.4. The maximum Gasteiger partial charge on any atom is 0.416 e. The van der Waals surface area contributed by atoms with Crippen molar-refractivity contribution in [1.82, 2.24) is 10.3 Å². The topological polar surface area (TPSA) is 76.4 Å². The van der Waals surface area contributed by atoms with E-state index >= 15 is 0 Å². The molecule has 0 saturated carbocycles. The molecule has 1 aromatic carbocycles. The average Bonchev–Trinajstić information content (AvgIpc) is 3.26. The first-order valence-corrected chi connectivity index (χ1v) is 8.03. The molecule has 3 rings (SSSR count). The molecule has 1 aliphatic rings. The zero-order valence-corrected chi connectivity index (χ0v) is 14.0. The van der Waals surface area contributed by atoms with Gasteiger partial charge in [-0.2, -0.15) is 13.2 Å². The van der Waals surface area contributed by atoms with E-state index in [0.29, 0.717) is 19.6 Å². The first-order chi connectivity index (χ1) is 12.4. The lowest BCUT2D eigenvalue weighted by Crippen LogP contribution is -2.25. The van der Waals surface area contributed by atoms with Gasteiger partial charge in [0.25, 0.3) is 5.89 Å². The number of carbonyl (C=O) groups is 1. The summed E-state index contributed by atoms with van der Waals surface area (Å²) in [7, 11) is 1.54. The van der Waals surface area contributed by atoms with E-state index in [1.807, 2.05) is 0 Å². The van der Waals surface area contributed by atoms with Gasteiger partial charge in [-0.1, -0.05) is 6.07 Å². The Kier molecular flexibility index (Phi) is 5.28. The highest BCUT2D eigenvalue weighted by Crippen LogP contribution is 2.41. The van der Waals surface area contributed by atoms with Crippen LogP contribution in [0.25, 0.3) is 0 Å². The smallest absolute Gasteiger partial charge is 0.416 e. The van der Waals surface area contributed by atoms with E-state index in [1.165, 1.54) is 24.6 Å². The Bertz CT molecular complexity index is 762. The van der Waals surface area contributed by atoms with Gasteiger partial charge in [-0.05, 0) is 24.1 Å². The van der Waals surface area contributed by atoms with Gasteiger partial charge in [0.1, 0.15) is 6.26 Å². The summed E-state index contributed by atoms with van der Waals surface area (Å²) < 4.78 is 50.6. The molecule has 0 bridgehead atoms. The second kappa shape index (κ2) is 7.46. The quantitative estimate of drug-likeness (QED) is 0.847. The fraction of sp³-hybridized carbons (Fsp3) is 0.412. The summed E-state index contributed by atoms with van der Waals surface area (Å²) in [6, 6.07) is 3.71. The maximum absolute atomic E-state index is 13.5. The predicted molar refractivity (Wildman–Crippen MR) is 86.9 cm³/mol. The SMILES string of the molecule is COC[C@H]1C[C@H](c2c(NC(=O)c3ncco3)cccc2C(F)(F)F)CN1. The molecule has 2 heterocycles. The number of benzene rings is 1. The van der Waals surface area contributed by atoms with E-state index < -0.39 is 23.6 Å². The number of nitrogens with one attached hydrogen (secondary N) is 2. The van der Waals surface area contributed by atoms with Crippen LogP contribution in [0.4, 0.5) is 18.9 Å². The van der Waals surface area contributed by atoms with Crippen molar-refractivity contribution in [2.75, 3.05) is 25.6 Å². The number of nitrogens with zero attached hydrogens (tertiary/aromatic N) is 1. The van der Waals surface area contributed by atoms with E-state index in [9.17, 15) is 18.0 Å². The average molecular weight is 369 g/mol. The van der Waals surface area contributed by atoms with E-state index in [-0.39, 0.29) is 23.2 Å². The van der Waals surface area contributed by atoms with Crippen LogP contribution in [0.3, 0.4) is 0 Å². The molecule has 0 aliphatic carbocycles. The lowest BCUT2D eigenvalue weighted by atomic mass is 9.90. The number of ether oxygens (including phenoxy) is 1. The van der Waals surface area contributed by atoms with Crippen molar-refractivity contribution in [3.63, 3.8) is 0 Å². The monoisotopic (exact) mass is 369 g/mol. The zero-order chi connectivity index (χ0) is 18.7. The van der Waals surface area contributed by atoms with Crippen LogP contribution in [-0.2, 0) is 10.9 Å². The van der Waals surface area contributed by atoms with Crippen LogP contribution in [-0.4, -0.2) is 37.2 Å². The largest absolute Gasteiger partial charge is 0.441 e. The molecule has 0 spiro atoms. The van der Waals surface area contributed by atoms with E-state index in [2.05, 4.69) is 15.6 Å². The number of carbonyl (C=O) groups excluding carboxylic acids is 1. The number of hydrogen-bond acceptors (Lipinski definition) is 5. The lowest BCUT2D eigenvalue weighted by molar-refractivity contribution is -0.138. The fourth-order valence-electron chi connectivity index (χ4n) is 3.24. The molecule has 0 radical (unpaired) electrons. The van der Waals surface area contributed by atoms with Crippen LogP contribution < -0.4 is 10.6 Å². The summed E-state index contributed by atoms with van der Waals surface area (Å²) >= 11 is 0. The van der Waals surface area contributed by atoms with Gasteiger partial charge in [0.15, 0.2) is 0 Å². The van der Waals surface area contributed by atoms with Gasteiger partial charge in [-0.15, -0.1) is 0 Å². The Morgan fingerprint density at radius 3 is 2.92 bits per heavy atom. The van der Waals surface area contributed by atoms with Crippen molar-refractivity contribution in [2.24, 2.45) is 0 Å². The summed E-state index contributed by atoms with van der Waals surface area (Å²) in [6.07, 6.45) is -1.54. The van der Waals surface area contributed by atoms with Gasteiger partial charge in [0.2, 0.25) is 0 Å². The van der Waals surface area contributed by atoms with Crippen LogP contribution in [0, 0.1) is 0 Å². The molecule has 140 valence electrons. The molecule has 1 fully saturated rings.